The zero-order chi connectivity index (χ0) is 14.8. The third-order valence-electron chi connectivity index (χ3n) is 4.01. The molecule has 0 aromatic heterocycles. The molecule has 0 saturated heterocycles. The quantitative estimate of drug-likeness (QED) is 0.888. The maximum Gasteiger partial charge on any atom is 0.329 e. The Morgan fingerprint density at radius 2 is 1.90 bits per heavy atom. The van der Waals surface area contributed by atoms with Gasteiger partial charge in [-0.05, 0) is 59.7 Å². The molecule has 20 heavy (non-hydrogen) atoms. The van der Waals surface area contributed by atoms with E-state index in [9.17, 15) is 14.7 Å². The van der Waals surface area contributed by atoms with E-state index in [1.807, 2.05) is 6.07 Å². The standard InChI is InChI=1S/C15H18BrNO3/c1-10-6-8-15(9-7-10,14(19)20)17-13(18)11-4-2-3-5-12(11)16/h2-5,10H,6-9H2,1H3,(H,17,18)(H,19,20). The highest BCUT2D eigenvalue weighted by atomic mass is 79.9. The molecule has 1 aliphatic carbocycles. The minimum atomic E-state index is -1.13. The topological polar surface area (TPSA) is 66.4 Å². The zero-order valence-corrected chi connectivity index (χ0v) is 12.9. The van der Waals surface area contributed by atoms with Crippen LogP contribution < -0.4 is 5.32 Å². The molecule has 5 heteroatoms. The third kappa shape index (κ3) is 3.03. The Morgan fingerprint density at radius 3 is 2.45 bits per heavy atom. The molecule has 1 amide bonds. The molecule has 1 saturated carbocycles. The second kappa shape index (κ2) is 5.95. The van der Waals surface area contributed by atoms with E-state index in [0.717, 1.165) is 12.8 Å². The van der Waals surface area contributed by atoms with Gasteiger partial charge in [-0.2, -0.15) is 0 Å². The van der Waals surface area contributed by atoms with Gasteiger partial charge in [0.05, 0.1) is 5.56 Å². The summed E-state index contributed by atoms with van der Waals surface area (Å²) in [6.07, 6.45) is 2.62. The summed E-state index contributed by atoms with van der Waals surface area (Å²) in [6, 6.07) is 7.03. The number of hydrogen-bond donors (Lipinski definition) is 2. The normalized spacial score (nSPS) is 26.0. The fraction of sp³-hybridized carbons (Fsp3) is 0.467. The molecule has 4 nitrogen and oxygen atoms in total. The van der Waals surface area contributed by atoms with Crippen LogP contribution in [0.5, 0.6) is 0 Å². The molecule has 2 rings (SSSR count). The Bertz CT molecular complexity index is 522. The first-order valence-electron chi connectivity index (χ1n) is 6.75. The summed E-state index contributed by atoms with van der Waals surface area (Å²) in [6.45, 7) is 2.11. The van der Waals surface area contributed by atoms with Crippen molar-refractivity contribution in [1.29, 1.82) is 0 Å². The van der Waals surface area contributed by atoms with Crippen molar-refractivity contribution in [2.45, 2.75) is 38.1 Å². The molecule has 0 bridgehead atoms. The fourth-order valence-electron chi connectivity index (χ4n) is 2.58. The van der Waals surface area contributed by atoms with E-state index in [2.05, 4.69) is 28.2 Å². The predicted molar refractivity (Wildman–Crippen MR) is 79.6 cm³/mol. The average Bonchev–Trinajstić information content (AvgIpc) is 2.41. The van der Waals surface area contributed by atoms with E-state index in [4.69, 9.17) is 0 Å². The summed E-state index contributed by atoms with van der Waals surface area (Å²) >= 11 is 3.32. The molecule has 1 aliphatic rings. The average molecular weight is 340 g/mol. The number of aliphatic carboxylic acids is 1. The fourth-order valence-corrected chi connectivity index (χ4v) is 3.04. The lowest BCUT2D eigenvalue weighted by Crippen LogP contribution is -2.56. The number of benzene rings is 1. The number of carbonyl (C=O) groups excluding carboxylic acids is 1. The van der Waals surface area contributed by atoms with Crippen LogP contribution in [-0.4, -0.2) is 22.5 Å². The van der Waals surface area contributed by atoms with Crippen molar-refractivity contribution < 1.29 is 14.7 Å². The lowest BCUT2D eigenvalue weighted by Gasteiger charge is -2.36. The molecule has 0 unspecified atom stereocenters. The molecule has 0 heterocycles. The number of nitrogens with one attached hydrogen (secondary N) is 1. The van der Waals surface area contributed by atoms with Crippen LogP contribution in [0.15, 0.2) is 28.7 Å². The molecular weight excluding hydrogens is 322 g/mol. The van der Waals surface area contributed by atoms with Crippen molar-refractivity contribution >= 4 is 27.8 Å². The van der Waals surface area contributed by atoms with Crippen LogP contribution >= 0.6 is 15.9 Å². The predicted octanol–water partition coefficient (Wildman–Crippen LogP) is 3.21. The van der Waals surface area contributed by atoms with Crippen molar-refractivity contribution in [2.24, 2.45) is 5.92 Å². The van der Waals surface area contributed by atoms with E-state index in [0.29, 0.717) is 28.8 Å². The smallest absolute Gasteiger partial charge is 0.329 e. The van der Waals surface area contributed by atoms with Crippen molar-refractivity contribution in [1.82, 2.24) is 5.32 Å². The van der Waals surface area contributed by atoms with E-state index in [-0.39, 0.29) is 5.91 Å². The number of carbonyl (C=O) groups is 2. The van der Waals surface area contributed by atoms with E-state index >= 15 is 0 Å². The first kappa shape index (κ1) is 15.0. The van der Waals surface area contributed by atoms with Gasteiger partial charge in [0.2, 0.25) is 0 Å². The Labute approximate surface area is 126 Å². The number of amides is 1. The number of carboxylic acids is 1. The van der Waals surface area contributed by atoms with Gasteiger partial charge >= 0.3 is 5.97 Å². The van der Waals surface area contributed by atoms with Crippen LogP contribution in [0.25, 0.3) is 0 Å². The minimum absolute atomic E-state index is 0.338. The minimum Gasteiger partial charge on any atom is -0.480 e. The second-order valence-electron chi connectivity index (χ2n) is 5.50. The second-order valence-corrected chi connectivity index (χ2v) is 6.36. The molecule has 0 spiro atoms. The van der Waals surface area contributed by atoms with Gasteiger partial charge < -0.3 is 10.4 Å². The van der Waals surface area contributed by atoms with Gasteiger partial charge in [0.1, 0.15) is 5.54 Å². The summed E-state index contributed by atoms with van der Waals surface area (Å²) < 4.78 is 0.669. The van der Waals surface area contributed by atoms with Crippen LogP contribution in [0.3, 0.4) is 0 Å². The summed E-state index contributed by atoms with van der Waals surface area (Å²) in [4.78, 5) is 23.9. The summed E-state index contributed by atoms with van der Waals surface area (Å²) in [5, 5.41) is 12.3. The molecule has 1 aromatic carbocycles. The molecule has 0 aliphatic heterocycles. The molecule has 0 atom stereocenters. The lowest BCUT2D eigenvalue weighted by atomic mass is 9.77. The highest BCUT2D eigenvalue weighted by Crippen LogP contribution is 2.32. The first-order chi connectivity index (χ1) is 9.44. The van der Waals surface area contributed by atoms with Gasteiger partial charge in [-0.1, -0.05) is 19.1 Å². The SMILES string of the molecule is CC1CCC(NC(=O)c2ccccc2Br)(C(=O)O)CC1. The van der Waals surface area contributed by atoms with Crippen molar-refractivity contribution in [3.05, 3.63) is 34.3 Å². The molecule has 0 radical (unpaired) electrons. The maximum atomic E-state index is 12.3. The van der Waals surface area contributed by atoms with Crippen molar-refractivity contribution in [2.75, 3.05) is 0 Å². The molecular formula is C15H18BrNO3. The zero-order valence-electron chi connectivity index (χ0n) is 11.4. The largest absolute Gasteiger partial charge is 0.480 e. The lowest BCUT2D eigenvalue weighted by molar-refractivity contribution is -0.146. The van der Waals surface area contributed by atoms with Gasteiger partial charge in [0.25, 0.3) is 5.91 Å². The van der Waals surface area contributed by atoms with Gasteiger partial charge in [-0.25, -0.2) is 4.79 Å². The van der Waals surface area contributed by atoms with E-state index in [1.165, 1.54) is 0 Å². The summed E-state index contributed by atoms with van der Waals surface area (Å²) in [5.74, 6) is -0.762. The summed E-state index contributed by atoms with van der Waals surface area (Å²) in [5.41, 5.74) is -0.662. The summed E-state index contributed by atoms with van der Waals surface area (Å²) in [7, 11) is 0. The van der Waals surface area contributed by atoms with Crippen LogP contribution in [-0.2, 0) is 4.79 Å². The molecule has 2 N–H and O–H groups in total. The number of hydrogen-bond acceptors (Lipinski definition) is 2. The van der Waals surface area contributed by atoms with Gasteiger partial charge in [-0.15, -0.1) is 0 Å². The van der Waals surface area contributed by atoms with Crippen LogP contribution in [0.2, 0.25) is 0 Å². The third-order valence-corrected chi connectivity index (χ3v) is 4.70. The Hall–Kier alpha value is -1.36. The van der Waals surface area contributed by atoms with Gasteiger partial charge in [0, 0.05) is 4.47 Å². The maximum absolute atomic E-state index is 12.3. The van der Waals surface area contributed by atoms with Crippen molar-refractivity contribution in [3.8, 4) is 0 Å². The number of halogens is 1. The van der Waals surface area contributed by atoms with Crippen LogP contribution in [0.4, 0.5) is 0 Å². The Balaban J connectivity index is 2.19. The number of rotatable bonds is 3. The van der Waals surface area contributed by atoms with Crippen molar-refractivity contribution in [3.63, 3.8) is 0 Å². The van der Waals surface area contributed by atoms with Gasteiger partial charge in [0.15, 0.2) is 0 Å². The highest BCUT2D eigenvalue weighted by Gasteiger charge is 2.42. The first-order valence-corrected chi connectivity index (χ1v) is 7.54. The van der Waals surface area contributed by atoms with Gasteiger partial charge in [-0.3, -0.25) is 4.79 Å². The Kier molecular flexibility index (Phi) is 4.48. The van der Waals surface area contributed by atoms with Crippen LogP contribution in [0, 0.1) is 5.92 Å². The van der Waals surface area contributed by atoms with Crippen LogP contribution in [0.1, 0.15) is 43.0 Å². The van der Waals surface area contributed by atoms with E-state index < -0.39 is 11.5 Å². The number of carboxylic acid groups (broad SMARTS) is 1. The molecule has 108 valence electrons. The van der Waals surface area contributed by atoms with E-state index in [1.54, 1.807) is 18.2 Å². The molecule has 1 fully saturated rings. The monoisotopic (exact) mass is 339 g/mol. The molecule has 1 aromatic rings. The highest BCUT2D eigenvalue weighted by molar-refractivity contribution is 9.10. The Morgan fingerprint density at radius 1 is 1.30 bits per heavy atom.